The standard InChI is InChI=1S/C21H19ClN2O2/c22-17-10-12-18(13-11-17)24-21(25)14-23-19-8-4-5-9-20(19)26-15-16-6-2-1-3-7-16/h1-13,23H,14-15H2,(H,24,25). The Hall–Kier alpha value is -2.98. The van der Waals surface area contributed by atoms with E-state index in [2.05, 4.69) is 10.6 Å². The first-order valence-electron chi connectivity index (χ1n) is 8.26. The fraction of sp³-hybridized carbons (Fsp3) is 0.0952. The molecule has 0 aliphatic rings. The summed E-state index contributed by atoms with van der Waals surface area (Å²) in [7, 11) is 0. The number of benzene rings is 3. The van der Waals surface area contributed by atoms with Crippen LogP contribution in [-0.4, -0.2) is 12.5 Å². The summed E-state index contributed by atoms with van der Waals surface area (Å²) >= 11 is 5.84. The van der Waals surface area contributed by atoms with Gasteiger partial charge >= 0.3 is 0 Å². The highest BCUT2D eigenvalue weighted by molar-refractivity contribution is 6.30. The maximum absolute atomic E-state index is 12.1. The van der Waals surface area contributed by atoms with E-state index in [1.807, 2.05) is 54.6 Å². The van der Waals surface area contributed by atoms with E-state index < -0.39 is 0 Å². The fourth-order valence-corrected chi connectivity index (χ4v) is 2.51. The molecular formula is C21H19ClN2O2. The summed E-state index contributed by atoms with van der Waals surface area (Å²) < 4.78 is 5.88. The fourth-order valence-electron chi connectivity index (χ4n) is 2.39. The van der Waals surface area contributed by atoms with Crippen molar-refractivity contribution in [3.63, 3.8) is 0 Å². The predicted molar refractivity (Wildman–Crippen MR) is 106 cm³/mol. The average Bonchev–Trinajstić information content (AvgIpc) is 2.68. The van der Waals surface area contributed by atoms with Gasteiger partial charge in [0.1, 0.15) is 12.4 Å². The number of carbonyl (C=O) groups excluding carboxylic acids is 1. The maximum Gasteiger partial charge on any atom is 0.243 e. The van der Waals surface area contributed by atoms with Crippen LogP contribution in [0.1, 0.15) is 5.56 Å². The molecule has 0 aliphatic heterocycles. The molecule has 1 amide bonds. The number of amides is 1. The van der Waals surface area contributed by atoms with Crippen molar-refractivity contribution in [2.45, 2.75) is 6.61 Å². The number of carbonyl (C=O) groups is 1. The second-order valence-electron chi connectivity index (χ2n) is 5.68. The highest BCUT2D eigenvalue weighted by Crippen LogP contribution is 2.24. The number of hydrogen-bond donors (Lipinski definition) is 2. The Kier molecular flexibility index (Phi) is 6.12. The van der Waals surface area contributed by atoms with Crippen LogP contribution < -0.4 is 15.4 Å². The summed E-state index contributed by atoms with van der Waals surface area (Å²) in [5.41, 5.74) is 2.56. The molecule has 0 unspecified atom stereocenters. The third kappa shape index (κ3) is 5.26. The number of ether oxygens (including phenoxy) is 1. The molecule has 0 aromatic heterocycles. The number of nitrogens with one attached hydrogen (secondary N) is 2. The lowest BCUT2D eigenvalue weighted by Crippen LogP contribution is -2.21. The molecule has 4 nitrogen and oxygen atoms in total. The monoisotopic (exact) mass is 366 g/mol. The van der Waals surface area contributed by atoms with Gasteiger partial charge < -0.3 is 15.4 Å². The van der Waals surface area contributed by atoms with Gasteiger partial charge in [0.25, 0.3) is 0 Å². The van der Waals surface area contributed by atoms with Crippen LogP contribution in [0.2, 0.25) is 5.02 Å². The number of rotatable bonds is 7. The second kappa shape index (κ2) is 8.92. The summed E-state index contributed by atoms with van der Waals surface area (Å²) in [6, 6.07) is 24.5. The first kappa shape index (κ1) is 17.8. The maximum atomic E-state index is 12.1. The number of para-hydroxylation sites is 2. The predicted octanol–water partition coefficient (Wildman–Crippen LogP) is 4.97. The van der Waals surface area contributed by atoms with Gasteiger partial charge in [0.2, 0.25) is 5.91 Å². The summed E-state index contributed by atoms with van der Waals surface area (Å²) in [5, 5.41) is 6.56. The Morgan fingerprint density at radius 2 is 1.58 bits per heavy atom. The Balaban J connectivity index is 1.56. The third-order valence-corrected chi connectivity index (χ3v) is 3.94. The van der Waals surface area contributed by atoms with Crippen LogP contribution in [0.4, 0.5) is 11.4 Å². The molecule has 0 saturated carbocycles. The molecule has 3 rings (SSSR count). The smallest absolute Gasteiger partial charge is 0.243 e. The molecule has 5 heteroatoms. The first-order valence-corrected chi connectivity index (χ1v) is 8.63. The molecule has 0 heterocycles. The molecule has 0 bridgehead atoms. The van der Waals surface area contributed by atoms with E-state index in [1.165, 1.54) is 0 Å². The molecule has 0 saturated heterocycles. The summed E-state index contributed by atoms with van der Waals surface area (Å²) in [5.74, 6) is 0.556. The Morgan fingerprint density at radius 1 is 0.885 bits per heavy atom. The minimum absolute atomic E-state index is 0.133. The van der Waals surface area contributed by atoms with Crippen molar-refractivity contribution in [1.82, 2.24) is 0 Å². The van der Waals surface area contributed by atoms with Gasteiger partial charge in [0.05, 0.1) is 12.2 Å². The zero-order valence-electron chi connectivity index (χ0n) is 14.1. The quantitative estimate of drug-likeness (QED) is 0.620. The van der Waals surface area contributed by atoms with E-state index in [0.29, 0.717) is 23.1 Å². The van der Waals surface area contributed by atoms with E-state index in [9.17, 15) is 4.79 Å². The normalized spacial score (nSPS) is 10.2. The average molecular weight is 367 g/mol. The van der Waals surface area contributed by atoms with Gasteiger partial charge in [-0.2, -0.15) is 0 Å². The summed E-state index contributed by atoms with van der Waals surface area (Å²) in [4.78, 5) is 12.1. The van der Waals surface area contributed by atoms with E-state index in [4.69, 9.17) is 16.3 Å². The molecule has 3 aromatic rings. The van der Waals surface area contributed by atoms with Crippen LogP contribution in [0.15, 0.2) is 78.9 Å². The van der Waals surface area contributed by atoms with Crippen LogP contribution in [0, 0.1) is 0 Å². The van der Waals surface area contributed by atoms with Gasteiger partial charge in [0, 0.05) is 10.7 Å². The van der Waals surface area contributed by atoms with Crippen molar-refractivity contribution in [3.05, 3.63) is 89.4 Å². The van der Waals surface area contributed by atoms with Crippen molar-refractivity contribution in [2.75, 3.05) is 17.2 Å². The zero-order valence-corrected chi connectivity index (χ0v) is 14.9. The molecule has 0 spiro atoms. The van der Waals surface area contributed by atoms with E-state index >= 15 is 0 Å². The lowest BCUT2D eigenvalue weighted by Gasteiger charge is -2.13. The number of halogens is 1. The Bertz CT molecular complexity index is 851. The molecule has 3 aromatic carbocycles. The molecule has 0 fully saturated rings. The van der Waals surface area contributed by atoms with Crippen molar-refractivity contribution in [3.8, 4) is 5.75 Å². The molecule has 2 N–H and O–H groups in total. The van der Waals surface area contributed by atoms with Gasteiger partial charge in [-0.05, 0) is 42.0 Å². The van der Waals surface area contributed by atoms with E-state index in [1.54, 1.807) is 24.3 Å². The third-order valence-electron chi connectivity index (χ3n) is 3.69. The topological polar surface area (TPSA) is 50.4 Å². The molecule has 26 heavy (non-hydrogen) atoms. The first-order chi connectivity index (χ1) is 12.7. The van der Waals surface area contributed by atoms with Gasteiger partial charge in [-0.3, -0.25) is 4.79 Å². The Morgan fingerprint density at radius 3 is 2.35 bits per heavy atom. The van der Waals surface area contributed by atoms with Crippen LogP contribution in [-0.2, 0) is 11.4 Å². The van der Waals surface area contributed by atoms with Gasteiger partial charge in [-0.15, -0.1) is 0 Å². The lowest BCUT2D eigenvalue weighted by atomic mass is 10.2. The van der Waals surface area contributed by atoms with Crippen LogP contribution >= 0.6 is 11.6 Å². The molecule has 0 radical (unpaired) electrons. The van der Waals surface area contributed by atoms with Crippen LogP contribution in [0.25, 0.3) is 0 Å². The van der Waals surface area contributed by atoms with Crippen molar-refractivity contribution in [1.29, 1.82) is 0 Å². The minimum atomic E-state index is -0.148. The van der Waals surface area contributed by atoms with Crippen molar-refractivity contribution in [2.24, 2.45) is 0 Å². The molecule has 0 aliphatic carbocycles. The van der Waals surface area contributed by atoms with Crippen LogP contribution in [0.3, 0.4) is 0 Å². The Labute approximate surface area is 157 Å². The number of hydrogen-bond acceptors (Lipinski definition) is 3. The molecule has 0 atom stereocenters. The lowest BCUT2D eigenvalue weighted by molar-refractivity contribution is -0.114. The second-order valence-corrected chi connectivity index (χ2v) is 6.12. The summed E-state index contributed by atoms with van der Waals surface area (Å²) in [6.07, 6.45) is 0. The van der Waals surface area contributed by atoms with Gasteiger partial charge in [-0.25, -0.2) is 0 Å². The van der Waals surface area contributed by atoms with Crippen molar-refractivity contribution < 1.29 is 9.53 Å². The van der Waals surface area contributed by atoms with E-state index in [0.717, 1.165) is 11.3 Å². The molecular weight excluding hydrogens is 348 g/mol. The largest absolute Gasteiger partial charge is 0.487 e. The van der Waals surface area contributed by atoms with Crippen LogP contribution in [0.5, 0.6) is 5.75 Å². The molecule has 132 valence electrons. The van der Waals surface area contributed by atoms with Gasteiger partial charge in [-0.1, -0.05) is 54.1 Å². The van der Waals surface area contributed by atoms with Crippen molar-refractivity contribution >= 4 is 28.9 Å². The van der Waals surface area contributed by atoms with Gasteiger partial charge in [0.15, 0.2) is 0 Å². The SMILES string of the molecule is O=C(CNc1ccccc1OCc1ccccc1)Nc1ccc(Cl)cc1. The highest BCUT2D eigenvalue weighted by Gasteiger charge is 2.06. The number of anilines is 2. The minimum Gasteiger partial charge on any atom is -0.487 e. The van der Waals surface area contributed by atoms with E-state index in [-0.39, 0.29) is 12.5 Å². The zero-order chi connectivity index (χ0) is 18.2. The summed E-state index contributed by atoms with van der Waals surface area (Å²) in [6.45, 7) is 0.602. The highest BCUT2D eigenvalue weighted by atomic mass is 35.5.